The third-order valence-corrected chi connectivity index (χ3v) is 2.90. The fraction of sp³-hybridized carbons (Fsp3) is 0.562. The largest absolute Gasteiger partial charge is 0.464 e. The summed E-state index contributed by atoms with van der Waals surface area (Å²) in [5.74, 6) is -1.39. The molecule has 5 nitrogen and oxygen atoms in total. The van der Waals surface area contributed by atoms with Crippen LogP contribution in [-0.4, -0.2) is 25.5 Å². The van der Waals surface area contributed by atoms with Crippen molar-refractivity contribution in [1.82, 2.24) is 0 Å². The van der Waals surface area contributed by atoms with Gasteiger partial charge in [-0.05, 0) is 38.8 Å². The molecule has 1 unspecified atom stereocenters. The van der Waals surface area contributed by atoms with E-state index in [4.69, 9.17) is 19.9 Å². The lowest BCUT2D eigenvalue weighted by molar-refractivity contribution is -0.159. The molecular formula is C16H24FNO4. The summed E-state index contributed by atoms with van der Waals surface area (Å²) in [7, 11) is 1.44. The summed E-state index contributed by atoms with van der Waals surface area (Å²) in [5.41, 5.74) is 5.75. The standard InChI is InChI=1S/C16H24FNO4/c1-10(15(19)22-16(2,3)4)8-11-6-7-12(21-9-20-5)13(17)14(11)18/h6-7,10H,8-9,18H2,1-5H3. The van der Waals surface area contributed by atoms with E-state index in [1.165, 1.54) is 13.2 Å². The van der Waals surface area contributed by atoms with Crippen LogP contribution in [0, 0.1) is 11.7 Å². The van der Waals surface area contributed by atoms with Crippen molar-refractivity contribution in [2.45, 2.75) is 39.7 Å². The van der Waals surface area contributed by atoms with Crippen LogP contribution < -0.4 is 10.5 Å². The van der Waals surface area contributed by atoms with Gasteiger partial charge in [-0.2, -0.15) is 0 Å². The number of methoxy groups -OCH3 is 1. The first-order valence-corrected chi connectivity index (χ1v) is 7.07. The fourth-order valence-corrected chi connectivity index (χ4v) is 1.84. The molecule has 0 saturated carbocycles. The van der Waals surface area contributed by atoms with Crippen LogP contribution in [0.15, 0.2) is 12.1 Å². The minimum Gasteiger partial charge on any atom is -0.464 e. The summed E-state index contributed by atoms with van der Waals surface area (Å²) in [6.45, 7) is 7.06. The number of hydrogen-bond acceptors (Lipinski definition) is 5. The Morgan fingerprint density at radius 2 is 2.00 bits per heavy atom. The number of carbonyl (C=O) groups is 1. The molecule has 124 valence electrons. The number of rotatable bonds is 6. The molecule has 1 rings (SSSR count). The number of esters is 1. The second kappa shape index (κ2) is 7.45. The highest BCUT2D eigenvalue weighted by molar-refractivity contribution is 5.73. The van der Waals surface area contributed by atoms with Gasteiger partial charge < -0.3 is 19.9 Å². The van der Waals surface area contributed by atoms with Gasteiger partial charge in [-0.15, -0.1) is 0 Å². The third kappa shape index (κ3) is 5.18. The molecule has 22 heavy (non-hydrogen) atoms. The Balaban J connectivity index is 2.81. The molecule has 1 aromatic carbocycles. The van der Waals surface area contributed by atoms with Crippen molar-refractivity contribution in [2.24, 2.45) is 5.92 Å². The summed E-state index contributed by atoms with van der Waals surface area (Å²) < 4.78 is 29.2. The highest BCUT2D eigenvalue weighted by Crippen LogP contribution is 2.28. The van der Waals surface area contributed by atoms with E-state index in [1.54, 1.807) is 33.8 Å². The van der Waals surface area contributed by atoms with Gasteiger partial charge in [-0.3, -0.25) is 4.79 Å². The molecule has 6 heteroatoms. The van der Waals surface area contributed by atoms with Crippen LogP contribution in [0.2, 0.25) is 0 Å². The maximum Gasteiger partial charge on any atom is 0.309 e. The summed E-state index contributed by atoms with van der Waals surface area (Å²) in [5, 5.41) is 0. The molecule has 1 aromatic rings. The molecule has 0 bridgehead atoms. The summed E-state index contributed by atoms with van der Waals surface area (Å²) in [6.07, 6.45) is 0.294. The Bertz CT molecular complexity index is 526. The highest BCUT2D eigenvalue weighted by atomic mass is 19.1. The van der Waals surface area contributed by atoms with Crippen molar-refractivity contribution in [3.8, 4) is 5.75 Å². The van der Waals surface area contributed by atoms with Crippen LogP contribution in [0.4, 0.5) is 10.1 Å². The third-order valence-electron chi connectivity index (χ3n) is 2.90. The molecule has 0 amide bonds. The second-order valence-electron chi connectivity index (χ2n) is 6.14. The molecular weight excluding hydrogens is 289 g/mol. The van der Waals surface area contributed by atoms with E-state index in [0.717, 1.165) is 0 Å². The summed E-state index contributed by atoms with van der Waals surface area (Å²) in [4.78, 5) is 12.0. The predicted molar refractivity (Wildman–Crippen MR) is 82.0 cm³/mol. The van der Waals surface area contributed by atoms with Gasteiger partial charge in [-0.25, -0.2) is 4.39 Å². The van der Waals surface area contributed by atoms with E-state index in [-0.39, 0.29) is 24.2 Å². The number of nitrogen functional groups attached to an aromatic ring is 1. The number of carbonyl (C=O) groups excluding carboxylic acids is 1. The first-order chi connectivity index (χ1) is 10.2. The molecule has 0 aromatic heterocycles. The zero-order chi connectivity index (χ0) is 16.9. The van der Waals surface area contributed by atoms with E-state index < -0.39 is 17.3 Å². The van der Waals surface area contributed by atoms with Crippen molar-refractivity contribution < 1.29 is 23.4 Å². The number of nitrogens with two attached hydrogens (primary N) is 1. The minimum atomic E-state index is -0.647. The van der Waals surface area contributed by atoms with E-state index >= 15 is 0 Å². The number of ether oxygens (including phenoxy) is 3. The highest BCUT2D eigenvalue weighted by Gasteiger charge is 2.23. The van der Waals surface area contributed by atoms with Crippen molar-refractivity contribution in [3.63, 3.8) is 0 Å². The van der Waals surface area contributed by atoms with Crippen LogP contribution in [0.1, 0.15) is 33.3 Å². The van der Waals surface area contributed by atoms with Gasteiger partial charge in [0.25, 0.3) is 0 Å². The predicted octanol–water partition coefficient (Wildman–Crippen LogP) is 2.91. The SMILES string of the molecule is COCOc1ccc(CC(C)C(=O)OC(C)(C)C)c(N)c1F. The number of hydrogen-bond donors (Lipinski definition) is 1. The lowest BCUT2D eigenvalue weighted by Crippen LogP contribution is -2.28. The first kappa shape index (κ1) is 18.2. The zero-order valence-electron chi connectivity index (χ0n) is 13.7. The van der Waals surface area contributed by atoms with Crippen LogP contribution in [-0.2, 0) is 20.7 Å². The second-order valence-corrected chi connectivity index (χ2v) is 6.14. The molecule has 1 atom stereocenters. The van der Waals surface area contributed by atoms with Crippen molar-refractivity contribution in [1.29, 1.82) is 0 Å². The minimum absolute atomic E-state index is 0.0213. The Labute approximate surface area is 130 Å². The van der Waals surface area contributed by atoms with Gasteiger partial charge in [0.15, 0.2) is 18.4 Å². The normalized spacial score (nSPS) is 12.8. The topological polar surface area (TPSA) is 70.8 Å². The van der Waals surface area contributed by atoms with Crippen molar-refractivity contribution >= 4 is 11.7 Å². The fourth-order valence-electron chi connectivity index (χ4n) is 1.84. The summed E-state index contributed by atoms with van der Waals surface area (Å²) in [6, 6.07) is 3.12. The molecule has 0 aliphatic rings. The quantitative estimate of drug-likeness (QED) is 0.497. The molecule has 0 spiro atoms. The molecule has 2 N–H and O–H groups in total. The maximum atomic E-state index is 14.1. The Morgan fingerprint density at radius 1 is 1.36 bits per heavy atom. The van der Waals surface area contributed by atoms with Gasteiger partial charge in [0.05, 0.1) is 11.6 Å². The van der Waals surface area contributed by atoms with E-state index in [1.807, 2.05) is 0 Å². The summed E-state index contributed by atoms with van der Waals surface area (Å²) >= 11 is 0. The number of benzene rings is 1. The van der Waals surface area contributed by atoms with Gasteiger partial charge >= 0.3 is 5.97 Å². The van der Waals surface area contributed by atoms with Crippen LogP contribution in [0.5, 0.6) is 5.75 Å². The van der Waals surface area contributed by atoms with Gasteiger partial charge in [0.1, 0.15) is 5.60 Å². The van der Waals surface area contributed by atoms with E-state index in [2.05, 4.69) is 0 Å². The molecule has 0 fully saturated rings. The van der Waals surface area contributed by atoms with Gasteiger partial charge in [-0.1, -0.05) is 13.0 Å². The average Bonchev–Trinajstić information content (AvgIpc) is 2.41. The lowest BCUT2D eigenvalue weighted by atomic mass is 9.99. The van der Waals surface area contributed by atoms with Crippen molar-refractivity contribution in [2.75, 3.05) is 19.6 Å². The zero-order valence-corrected chi connectivity index (χ0v) is 13.7. The maximum absolute atomic E-state index is 14.1. The van der Waals surface area contributed by atoms with Gasteiger partial charge in [0, 0.05) is 7.11 Å². The monoisotopic (exact) mass is 313 g/mol. The molecule has 0 saturated heterocycles. The van der Waals surface area contributed by atoms with Gasteiger partial charge in [0.2, 0.25) is 0 Å². The lowest BCUT2D eigenvalue weighted by Gasteiger charge is -2.22. The molecule has 0 aliphatic heterocycles. The molecule has 0 aliphatic carbocycles. The Hall–Kier alpha value is -1.82. The van der Waals surface area contributed by atoms with Crippen LogP contribution >= 0.6 is 0 Å². The van der Waals surface area contributed by atoms with E-state index in [0.29, 0.717) is 12.0 Å². The van der Waals surface area contributed by atoms with Crippen molar-refractivity contribution in [3.05, 3.63) is 23.5 Å². The number of halogens is 1. The molecule has 0 radical (unpaired) electrons. The van der Waals surface area contributed by atoms with Crippen LogP contribution in [0.25, 0.3) is 0 Å². The molecule has 0 heterocycles. The Morgan fingerprint density at radius 3 is 2.55 bits per heavy atom. The van der Waals surface area contributed by atoms with E-state index in [9.17, 15) is 9.18 Å². The van der Waals surface area contributed by atoms with Crippen LogP contribution in [0.3, 0.4) is 0 Å². The number of anilines is 1. The first-order valence-electron chi connectivity index (χ1n) is 7.07. The smallest absolute Gasteiger partial charge is 0.309 e. The Kier molecular flexibility index (Phi) is 6.17. The average molecular weight is 313 g/mol.